The zero-order valence-electron chi connectivity index (χ0n) is 11.3. The van der Waals surface area contributed by atoms with E-state index in [-0.39, 0.29) is 6.04 Å². The molecule has 1 aromatic carbocycles. The van der Waals surface area contributed by atoms with Crippen molar-refractivity contribution in [3.8, 4) is 0 Å². The van der Waals surface area contributed by atoms with Crippen LogP contribution in [0.25, 0.3) is 0 Å². The molecule has 0 heterocycles. The van der Waals surface area contributed by atoms with Crippen molar-refractivity contribution in [2.45, 2.75) is 51.0 Å². The maximum atomic E-state index is 6.26. The minimum atomic E-state index is 0.195. The number of hydrogen-bond donors (Lipinski definition) is 1. The van der Waals surface area contributed by atoms with E-state index in [0.29, 0.717) is 0 Å². The highest BCUT2D eigenvalue weighted by molar-refractivity contribution is 7.99. The normalized spacial score (nSPS) is 13.0. The predicted octanol–water partition coefficient (Wildman–Crippen LogP) is 4.62. The van der Waals surface area contributed by atoms with E-state index < -0.39 is 0 Å². The van der Waals surface area contributed by atoms with Gasteiger partial charge in [-0.25, -0.2) is 0 Å². The molecule has 17 heavy (non-hydrogen) atoms. The van der Waals surface area contributed by atoms with Crippen LogP contribution in [0.2, 0.25) is 0 Å². The lowest BCUT2D eigenvalue weighted by Gasteiger charge is -2.18. The molecule has 0 saturated heterocycles. The van der Waals surface area contributed by atoms with Crippen molar-refractivity contribution in [3.63, 3.8) is 0 Å². The van der Waals surface area contributed by atoms with Crippen LogP contribution in [-0.4, -0.2) is 5.75 Å². The second kappa shape index (κ2) is 7.78. The lowest BCUT2D eigenvalue weighted by Crippen LogP contribution is -2.14. The molecule has 2 N–H and O–H groups in total. The zero-order valence-corrected chi connectivity index (χ0v) is 12.1. The molecule has 1 rings (SSSR count). The molecule has 0 bridgehead atoms. The fraction of sp³-hybridized carbons (Fsp3) is 0.600. The molecule has 0 fully saturated rings. The molecule has 0 spiro atoms. The van der Waals surface area contributed by atoms with Crippen molar-refractivity contribution in [1.29, 1.82) is 0 Å². The van der Waals surface area contributed by atoms with Crippen LogP contribution in [-0.2, 0) is 0 Å². The zero-order chi connectivity index (χ0) is 12.7. The van der Waals surface area contributed by atoms with Crippen molar-refractivity contribution in [2.24, 2.45) is 11.7 Å². The summed E-state index contributed by atoms with van der Waals surface area (Å²) in [5, 5.41) is 0. The van der Waals surface area contributed by atoms with Crippen molar-refractivity contribution >= 4 is 11.8 Å². The van der Waals surface area contributed by atoms with Gasteiger partial charge in [0.1, 0.15) is 0 Å². The van der Waals surface area contributed by atoms with Crippen molar-refractivity contribution in [1.82, 2.24) is 0 Å². The number of hydrogen-bond acceptors (Lipinski definition) is 2. The minimum absolute atomic E-state index is 0.195. The van der Waals surface area contributed by atoms with Crippen LogP contribution >= 0.6 is 11.8 Å². The van der Waals surface area contributed by atoms with E-state index in [2.05, 4.69) is 45.0 Å². The predicted molar refractivity (Wildman–Crippen MR) is 78.5 cm³/mol. The van der Waals surface area contributed by atoms with Crippen molar-refractivity contribution < 1.29 is 0 Å². The summed E-state index contributed by atoms with van der Waals surface area (Å²) in [6, 6.07) is 8.95. The molecule has 0 amide bonds. The highest BCUT2D eigenvalue weighted by Gasteiger charge is 2.11. The second-order valence-electron chi connectivity index (χ2n) is 4.53. The molecule has 1 aromatic rings. The van der Waals surface area contributed by atoms with Gasteiger partial charge < -0.3 is 5.73 Å². The summed E-state index contributed by atoms with van der Waals surface area (Å²) in [6.45, 7) is 6.68. The van der Waals surface area contributed by atoms with E-state index in [4.69, 9.17) is 5.73 Å². The van der Waals surface area contributed by atoms with Gasteiger partial charge in [0.2, 0.25) is 0 Å². The summed E-state index contributed by atoms with van der Waals surface area (Å²) in [7, 11) is 0. The van der Waals surface area contributed by atoms with Gasteiger partial charge in [0, 0.05) is 10.9 Å². The number of rotatable bonds is 7. The average molecular weight is 251 g/mol. The Balaban J connectivity index is 2.59. The Morgan fingerprint density at radius 1 is 1.06 bits per heavy atom. The molecule has 0 aliphatic rings. The maximum absolute atomic E-state index is 6.26. The van der Waals surface area contributed by atoms with Gasteiger partial charge in [-0.2, -0.15) is 0 Å². The molecular weight excluding hydrogens is 226 g/mol. The topological polar surface area (TPSA) is 26.0 Å². The van der Waals surface area contributed by atoms with Crippen molar-refractivity contribution in [2.75, 3.05) is 5.75 Å². The first kappa shape index (κ1) is 14.6. The SMILES string of the molecule is CCSc1ccc(C(N)CC(CC)CC)cc1. The molecule has 0 aliphatic carbocycles. The van der Waals surface area contributed by atoms with Gasteiger partial charge in [-0.3, -0.25) is 0 Å². The molecule has 2 heteroatoms. The van der Waals surface area contributed by atoms with E-state index >= 15 is 0 Å². The van der Waals surface area contributed by atoms with Crippen LogP contribution in [0, 0.1) is 5.92 Å². The lowest BCUT2D eigenvalue weighted by molar-refractivity contribution is 0.414. The monoisotopic (exact) mass is 251 g/mol. The van der Waals surface area contributed by atoms with Crippen LogP contribution in [0.3, 0.4) is 0 Å². The van der Waals surface area contributed by atoms with Gasteiger partial charge in [0.25, 0.3) is 0 Å². The molecule has 1 atom stereocenters. The Morgan fingerprint density at radius 3 is 2.12 bits per heavy atom. The third kappa shape index (κ3) is 4.72. The third-order valence-electron chi connectivity index (χ3n) is 3.36. The Labute approximate surface area is 110 Å². The Bertz CT molecular complexity index is 303. The van der Waals surface area contributed by atoms with Gasteiger partial charge in [-0.1, -0.05) is 45.7 Å². The Morgan fingerprint density at radius 2 is 1.65 bits per heavy atom. The average Bonchev–Trinajstić information content (AvgIpc) is 2.37. The highest BCUT2D eigenvalue weighted by atomic mass is 32.2. The van der Waals surface area contributed by atoms with Gasteiger partial charge >= 0.3 is 0 Å². The molecular formula is C15H25NS. The quantitative estimate of drug-likeness (QED) is 0.715. The summed E-state index contributed by atoms with van der Waals surface area (Å²) in [4.78, 5) is 1.34. The molecule has 0 aromatic heterocycles. The van der Waals surface area contributed by atoms with Crippen LogP contribution in [0.15, 0.2) is 29.2 Å². The molecule has 1 unspecified atom stereocenters. The Hall–Kier alpha value is -0.470. The molecule has 0 aliphatic heterocycles. The molecule has 96 valence electrons. The van der Waals surface area contributed by atoms with E-state index in [1.165, 1.54) is 23.3 Å². The molecule has 0 radical (unpaired) electrons. The van der Waals surface area contributed by atoms with Gasteiger partial charge in [0.15, 0.2) is 0 Å². The Kier molecular flexibility index (Phi) is 6.68. The fourth-order valence-corrected chi connectivity index (χ4v) is 2.76. The minimum Gasteiger partial charge on any atom is -0.324 e. The third-order valence-corrected chi connectivity index (χ3v) is 4.26. The lowest BCUT2D eigenvalue weighted by atomic mass is 9.92. The first-order valence-electron chi connectivity index (χ1n) is 6.69. The summed E-state index contributed by atoms with van der Waals surface area (Å²) in [5.74, 6) is 1.88. The van der Waals surface area contributed by atoms with Gasteiger partial charge in [-0.05, 0) is 35.8 Å². The number of nitrogens with two attached hydrogens (primary N) is 1. The van der Waals surface area contributed by atoms with Crippen LogP contribution in [0.4, 0.5) is 0 Å². The summed E-state index contributed by atoms with van der Waals surface area (Å²) in [6.07, 6.45) is 3.56. The van der Waals surface area contributed by atoms with E-state index in [9.17, 15) is 0 Å². The van der Waals surface area contributed by atoms with Crippen LogP contribution in [0.5, 0.6) is 0 Å². The smallest absolute Gasteiger partial charge is 0.0297 e. The standard InChI is InChI=1S/C15H25NS/c1-4-12(5-2)11-15(16)13-7-9-14(10-8-13)17-6-3/h7-10,12,15H,4-6,11,16H2,1-3H3. The first-order chi connectivity index (χ1) is 8.21. The molecule has 0 saturated carbocycles. The molecule has 1 nitrogen and oxygen atoms in total. The highest BCUT2D eigenvalue weighted by Crippen LogP contribution is 2.25. The number of benzene rings is 1. The van der Waals surface area contributed by atoms with Gasteiger partial charge in [0.05, 0.1) is 0 Å². The van der Waals surface area contributed by atoms with E-state index in [1.54, 1.807) is 0 Å². The largest absolute Gasteiger partial charge is 0.324 e. The second-order valence-corrected chi connectivity index (χ2v) is 5.86. The van der Waals surface area contributed by atoms with E-state index in [0.717, 1.165) is 18.1 Å². The van der Waals surface area contributed by atoms with Crippen molar-refractivity contribution in [3.05, 3.63) is 29.8 Å². The summed E-state index contributed by atoms with van der Waals surface area (Å²) < 4.78 is 0. The number of thioether (sulfide) groups is 1. The van der Waals surface area contributed by atoms with Crippen LogP contribution in [0.1, 0.15) is 51.6 Å². The van der Waals surface area contributed by atoms with E-state index in [1.807, 2.05) is 11.8 Å². The summed E-state index contributed by atoms with van der Waals surface area (Å²) >= 11 is 1.88. The first-order valence-corrected chi connectivity index (χ1v) is 7.68. The van der Waals surface area contributed by atoms with Gasteiger partial charge in [-0.15, -0.1) is 11.8 Å². The van der Waals surface area contributed by atoms with Crippen LogP contribution < -0.4 is 5.73 Å². The summed E-state index contributed by atoms with van der Waals surface area (Å²) in [5.41, 5.74) is 7.54. The maximum Gasteiger partial charge on any atom is 0.0297 e. The fourth-order valence-electron chi connectivity index (χ4n) is 2.10.